The molecule has 0 bridgehead atoms. The van der Waals surface area contributed by atoms with E-state index in [9.17, 15) is 9.18 Å². The van der Waals surface area contributed by atoms with Crippen molar-refractivity contribution in [2.45, 2.75) is 25.9 Å². The summed E-state index contributed by atoms with van der Waals surface area (Å²) in [5.41, 5.74) is 2.15. The molecule has 1 N–H and O–H groups in total. The minimum absolute atomic E-state index is 0.0210. The molecule has 1 aromatic heterocycles. The second-order valence-corrected chi connectivity index (χ2v) is 10.6. The molecule has 1 fully saturated rings. The molecular weight excluding hydrogens is 533 g/mol. The van der Waals surface area contributed by atoms with E-state index in [4.69, 9.17) is 21.2 Å². The highest BCUT2D eigenvalue weighted by Crippen LogP contribution is 2.33. The summed E-state index contributed by atoms with van der Waals surface area (Å²) in [5, 5.41) is 4.46. The summed E-state index contributed by atoms with van der Waals surface area (Å²) < 4.78 is 19.2. The molecule has 3 aromatic carbocycles. The van der Waals surface area contributed by atoms with E-state index in [1.54, 1.807) is 24.3 Å². The minimum atomic E-state index is -0.314. The minimum Gasteiger partial charge on any atom is -0.487 e. The van der Waals surface area contributed by atoms with Gasteiger partial charge in [0.25, 0.3) is 0 Å². The number of likely N-dealkylation sites (N-methyl/N-ethyl adjacent to an activating group) is 1. The molecule has 0 unspecified atom stereocenters. The van der Waals surface area contributed by atoms with Gasteiger partial charge in [-0.1, -0.05) is 28.4 Å². The third-order valence-corrected chi connectivity index (χ3v) is 7.10. The summed E-state index contributed by atoms with van der Waals surface area (Å²) in [7, 11) is 3.78. The number of piperidine rings is 1. The third-order valence-electron chi connectivity index (χ3n) is 6.81. The molecule has 1 saturated heterocycles. The molecule has 0 spiro atoms. The molecule has 0 saturated carbocycles. The zero-order valence-electron chi connectivity index (χ0n) is 22.6. The number of aromatic nitrogens is 2. The summed E-state index contributed by atoms with van der Waals surface area (Å²) in [6, 6.07) is 17.1. The lowest BCUT2D eigenvalue weighted by Crippen LogP contribution is -2.60. The number of carbonyl (C=O) groups excluding carboxylic acids is 1. The molecule has 8 nitrogen and oxygen atoms in total. The number of nitrogens with one attached hydrogen (secondary N) is 1. The van der Waals surface area contributed by atoms with E-state index in [0.29, 0.717) is 53.2 Å². The highest BCUT2D eigenvalue weighted by molar-refractivity contribution is 6.32. The monoisotopic (exact) mass is 564 g/mol. The first-order valence-electron chi connectivity index (χ1n) is 13.2. The number of carbonyl (C=O) groups is 1. The van der Waals surface area contributed by atoms with Crippen molar-refractivity contribution in [3.05, 3.63) is 83.4 Å². The Morgan fingerprint density at radius 1 is 1.05 bits per heavy atom. The van der Waals surface area contributed by atoms with E-state index in [0.717, 1.165) is 30.2 Å². The van der Waals surface area contributed by atoms with Gasteiger partial charge in [-0.15, -0.1) is 0 Å². The van der Waals surface area contributed by atoms with Gasteiger partial charge in [0.05, 0.1) is 10.5 Å². The maximum Gasteiger partial charge on any atom is 0.368 e. The fraction of sp³-hybridized carbons (Fsp3) is 0.300. The van der Waals surface area contributed by atoms with Gasteiger partial charge in [0.2, 0.25) is 0 Å². The van der Waals surface area contributed by atoms with Crippen LogP contribution in [-0.2, 0) is 11.4 Å². The van der Waals surface area contributed by atoms with Crippen molar-refractivity contribution in [2.24, 2.45) is 0 Å². The van der Waals surface area contributed by atoms with Crippen LogP contribution in [0.25, 0.3) is 10.9 Å². The maximum absolute atomic E-state index is 13.5. The summed E-state index contributed by atoms with van der Waals surface area (Å²) in [6.07, 6.45) is 4.45. The first kappa shape index (κ1) is 27.8. The van der Waals surface area contributed by atoms with Crippen LogP contribution in [0, 0.1) is 5.82 Å². The fourth-order valence-electron chi connectivity index (χ4n) is 4.83. The lowest BCUT2D eigenvalue weighted by molar-refractivity contribution is -1.02. The van der Waals surface area contributed by atoms with Crippen LogP contribution >= 0.6 is 11.6 Å². The second-order valence-electron chi connectivity index (χ2n) is 10.2. The number of likely N-dealkylation sites (tertiary alicyclic amines) is 1. The Bertz CT molecular complexity index is 1510. The van der Waals surface area contributed by atoms with Crippen molar-refractivity contribution in [1.82, 2.24) is 14.9 Å². The number of fused-ring (bicyclic) bond motifs is 1. The SMILES string of the molecule is CN(C)CC(=O)[N+]1(Oc2ccc3ncnc(Nc4ccc(OCc5cccc(F)c5)c(Cl)c4)c3c2)CCCCC1. The largest absolute Gasteiger partial charge is 0.487 e. The molecule has 1 aliphatic rings. The lowest BCUT2D eigenvalue weighted by Gasteiger charge is -2.36. The van der Waals surface area contributed by atoms with Gasteiger partial charge in [0.15, 0.2) is 5.75 Å². The van der Waals surface area contributed by atoms with Crippen LogP contribution < -0.4 is 14.9 Å². The predicted octanol–water partition coefficient (Wildman–Crippen LogP) is 6.13. The standard InChI is InChI=1S/C30H32ClFN5O3/c1-36(2)18-29(38)37(13-4-3-5-14-37)40-24-10-11-27-25(17-24)30(34-20-33-27)35-23-9-12-28(26(31)16-23)39-19-21-7-6-8-22(32)15-21/h6-12,15-17,20H,3-5,13-14,18-19H2,1-2H3,(H,33,34,35)/q+1. The van der Waals surface area contributed by atoms with E-state index in [-0.39, 0.29) is 23.0 Å². The summed E-state index contributed by atoms with van der Waals surface area (Å²) in [6.45, 7) is 1.80. The number of halogens is 2. The highest BCUT2D eigenvalue weighted by Gasteiger charge is 2.42. The van der Waals surface area contributed by atoms with Gasteiger partial charge in [-0.3, -0.25) is 4.90 Å². The Hall–Kier alpha value is -3.79. The number of rotatable bonds is 9. The average Bonchev–Trinajstić information content (AvgIpc) is 2.93. The molecule has 5 rings (SSSR count). The summed E-state index contributed by atoms with van der Waals surface area (Å²) >= 11 is 6.50. The summed E-state index contributed by atoms with van der Waals surface area (Å²) in [4.78, 5) is 30.4. The molecule has 0 radical (unpaired) electrons. The van der Waals surface area contributed by atoms with Crippen molar-refractivity contribution < 1.29 is 23.4 Å². The smallest absolute Gasteiger partial charge is 0.368 e. The van der Waals surface area contributed by atoms with Crippen molar-refractivity contribution in [1.29, 1.82) is 0 Å². The number of anilines is 2. The van der Waals surface area contributed by atoms with Crippen molar-refractivity contribution in [3.8, 4) is 11.5 Å². The van der Waals surface area contributed by atoms with E-state index >= 15 is 0 Å². The van der Waals surface area contributed by atoms with Gasteiger partial charge in [0, 0.05) is 30.0 Å². The highest BCUT2D eigenvalue weighted by atomic mass is 35.5. The van der Waals surface area contributed by atoms with Gasteiger partial charge in [0.1, 0.15) is 50.0 Å². The van der Waals surface area contributed by atoms with E-state index < -0.39 is 0 Å². The van der Waals surface area contributed by atoms with Gasteiger partial charge >= 0.3 is 5.91 Å². The number of ether oxygens (including phenoxy) is 1. The van der Waals surface area contributed by atoms with Crippen LogP contribution in [0.5, 0.6) is 11.5 Å². The fourth-order valence-corrected chi connectivity index (χ4v) is 5.06. The topological polar surface area (TPSA) is 76.6 Å². The zero-order valence-corrected chi connectivity index (χ0v) is 23.3. The Morgan fingerprint density at radius 3 is 2.62 bits per heavy atom. The number of amides is 1. The van der Waals surface area contributed by atoms with Crippen LogP contribution in [0.2, 0.25) is 5.02 Å². The second kappa shape index (κ2) is 12.2. The lowest BCUT2D eigenvalue weighted by atomic mass is 10.1. The number of hydrogen-bond donors (Lipinski definition) is 1. The zero-order chi connectivity index (χ0) is 28.1. The average molecular weight is 565 g/mol. The van der Waals surface area contributed by atoms with Crippen LogP contribution in [0.3, 0.4) is 0 Å². The molecule has 208 valence electrons. The Labute approximate surface area is 237 Å². The number of hydroxylamine groups is 3. The number of hydrogen-bond acceptors (Lipinski definition) is 7. The van der Waals surface area contributed by atoms with Gasteiger partial charge in [-0.05, 0) is 68.5 Å². The molecule has 4 aromatic rings. The van der Waals surface area contributed by atoms with Crippen molar-refractivity contribution in [3.63, 3.8) is 0 Å². The first-order chi connectivity index (χ1) is 19.3. The molecule has 1 amide bonds. The van der Waals surface area contributed by atoms with Crippen molar-refractivity contribution in [2.75, 3.05) is 39.0 Å². The maximum atomic E-state index is 13.5. The predicted molar refractivity (Wildman–Crippen MR) is 153 cm³/mol. The quantitative estimate of drug-likeness (QED) is 0.245. The Balaban J connectivity index is 1.35. The molecule has 40 heavy (non-hydrogen) atoms. The molecule has 0 atom stereocenters. The van der Waals surface area contributed by atoms with Crippen molar-refractivity contribution >= 4 is 39.9 Å². The molecule has 0 aliphatic carbocycles. The normalized spacial score (nSPS) is 14.7. The van der Waals surface area contributed by atoms with E-state index in [2.05, 4.69) is 15.3 Å². The number of quaternary nitrogens is 1. The van der Waals surface area contributed by atoms with Gasteiger partial charge in [-0.25, -0.2) is 19.2 Å². The van der Waals surface area contributed by atoms with Crippen LogP contribution in [0.15, 0.2) is 67.0 Å². The molecule has 2 heterocycles. The Morgan fingerprint density at radius 2 is 1.88 bits per heavy atom. The third kappa shape index (κ3) is 6.50. The van der Waals surface area contributed by atoms with E-state index in [1.165, 1.54) is 18.5 Å². The van der Waals surface area contributed by atoms with Gasteiger partial charge < -0.3 is 14.9 Å². The van der Waals surface area contributed by atoms with Crippen LogP contribution in [-0.4, -0.2) is 59.2 Å². The van der Waals surface area contributed by atoms with Crippen LogP contribution in [0.1, 0.15) is 24.8 Å². The first-order valence-corrected chi connectivity index (χ1v) is 13.6. The molecule has 1 aliphatic heterocycles. The Kier molecular flexibility index (Phi) is 8.44. The molecule has 10 heteroatoms. The number of benzene rings is 3. The van der Waals surface area contributed by atoms with E-state index in [1.807, 2.05) is 43.3 Å². The molecular formula is C30H32ClFN5O3+. The van der Waals surface area contributed by atoms with Gasteiger partial charge in [-0.2, -0.15) is 0 Å². The summed E-state index contributed by atoms with van der Waals surface area (Å²) in [5.74, 6) is 1.37. The van der Waals surface area contributed by atoms with Crippen LogP contribution in [0.4, 0.5) is 15.9 Å². The number of nitrogens with zero attached hydrogens (tertiary/aromatic N) is 4.